The summed E-state index contributed by atoms with van der Waals surface area (Å²) >= 11 is 0. The molecule has 1 aliphatic heterocycles. The standard InChI is InChI=1S/C16H34N2/c1-4-7-10-15(5-2)13-18(6-3)14-16-11-8-9-12-17-16/h15-17H,4-14H2,1-3H3. The molecule has 0 bridgehead atoms. The summed E-state index contributed by atoms with van der Waals surface area (Å²) < 4.78 is 0. The summed E-state index contributed by atoms with van der Waals surface area (Å²) in [5.74, 6) is 0.911. The van der Waals surface area contributed by atoms with Crippen molar-refractivity contribution in [2.75, 3.05) is 26.2 Å². The highest BCUT2D eigenvalue weighted by molar-refractivity contribution is 4.77. The van der Waals surface area contributed by atoms with Gasteiger partial charge in [0.05, 0.1) is 0 Å². The third-order valence-electron chi connectivity index (χ3n) is 4.40. The lowest BCUT2D eigenvalue weighted by molar-refractivity contribution is 0.195. The van der Waals surface area contributed by atoms with Gasteiger partial charge in [-0.3, -0.25) is 0 Å². The van der Waals surface area contributed by atoms with E-state index in [2.05, 4.69) is 31.0 Å². The smallest absolute Gasteiger partial charge is 0.0195 e. The van der Waals surface area contributed by atoms with Gasteiger partial charge in [-0.15, -0.1) is 0 Å². The van der Waals surface area contributed by atoms with Crippen LogP contribution in [0.5, 0.6) is 0 Å². The number of rotatable bonds is 9. The molecule has 0 aromatic carbocycles. The maximum atomic E-state index is 3.68. The summed E-state index contributed by atoms with van der Waals surface area (Å²) in [7, 11) is 0. The molecule has 1 N–H and O–H groups in total. The Labute approximate surface area is 115 Å². The second-order valence-corrected chi connectivity index (χ2v) is 5.92. The van der Waals surface area contributed by atoms with Crippen molar-refractivity contribution in [3.63, 3.8) is 0 Å². The van der Waals surface area contributed by atoms with Crippen molar-refractivity contribution in [3.05, 3.63) is 0 Å². The number of piperidine rings is 1. The number of nitrogens with one attached hydrogen (secondary N) is 1. The van der Waals surface area contributed by atoms with Crippen molar-refractivity contribution >= 4 is 0 Å². The highest BCUT2D eigenvalue weighted by atomic mass is 15.1. The Morgan fingerprint density at radius 2 is 2.06 bits per heavy atom. The van der Waals surface area contributed by atoms with Crippen LogP contribution < -0.4 is 5.32 Å². The second-order valence-electron chi connectivity index (χ2n) is 5.92. The van der Waals surface area contributed by atoms with Gasteiger partial charge in [-0.2, -0.15) is 0 Å². The fraction of sp³-hybridized carbons (Fsp3) is 1.00. The van der Waals surface area contributed by atoms with E-state index in [1.54, 1.807) is 0 Å². The normalized spacial score (nSPS) is 22.3. The average Bonchev–Trinajstić information content (AvgIpc) is 2.43. The SMILES string of the molecule is CCCCC(CC)CN(CC)CC1CCCCN1. The summed E-state index contributed by atoms with van der Waals surface area (Å²) in [6, 6.07) is 0.752. The van der Waals surface area contributed by atoms with Crippen LogP contribution in [-0.2, 0) is 0 Å². The molecule has 2 nitrogen and oxygen atoms in total. The zero-order valence-electron chi connectivity index (χ0n) is 12.9. The van der Waals surface area contributed by atoms with Gasteiger partial charge in [-0.1, -0.05) is 46.5 Å². The van der Waals surface area contributed by atoms with Crippen LogP contribution in [0.3, 0.4) is 0 Å². The molecule has 1 rings (SSSR count). The highest BCUT2D eigenvalue weighted by Crippen LogP contribution is 2.16. The average molecular weight is 254 g/mol. The monoisotopic (exact) mass is 254 g/mol. The van der Waals surface area contributed by atoms with Gasteiger partial charge in [0.15, 0.2) is 0 Å². The minimum Gasteiger partial charge on any atom is -0.313 e. The summed E-state index contributed by atoms with van der Waals surface area (Å²) in [4.78, 5) is 2.67. The molecule has 18 heavy (non-hydrogen) atoms. The minimum atomic E-state index is 0.752. The van der Waals surface area contributed by atoms with Crippen molar-refractivity contribution in [1.82, 2.24) is 10.2 Å². The molecule has 108 valence electrons. The van der Waals surface area contributed by atoms with E-state index in [9.17, 15) is 0 Å². The molecule has 0 saturated carbocycles. The second kappa shape index (κ2) is 9.80. The van der Waals surface area contributed by atoms with Gasteiger partial charge in [0.1, 0.15) is 0 Å². The Kier molecular flexibility index (Phi) is 8.70. The lowest BCUT2D eigenvalue weighted by Crippen LogP contribution is -2.44. The van der Waals surface area contributed by atoms with Crippen molar-refractivity contribution in [3.8, 4) is 0 Å². The van der Waals surface area contributed by atoms with Gasteiger partial charge in [-0.05, 0) is 38.3 Å². The van der Waals surface area contributed by atoms with E-state index in [4.69, 9.17) is 0 Å². The van der Waals surface area contributed by atoms with Gasteiger partial charge in [0.2, 0.25) is 0 Å². The highest BCUT2D eigenvalue weighted by Gasteiger charge is 2.17. The first-order valence-electron chi connectivity index (χ1n) is 8.25. The third kappa shape index (κ3) is 6.19. The van der Waals surface area contributed by atoms with Crippen LogP contribution in [0.1, 0.15) is 65.7 Å². The fourth-order valence-corrected chi connectivity index (χ4v) is 3.01. The number of hydrogen-bond acceptors (Lipinski definition) is 2. The van der Waals surface area contributed by atoms with Crippen LogP contribution in [0.25, 0.3) is 0 Å². The predicted octanol–water partition coefficient (Wildman–Crippen LogP) is 3.67. The van der Waals surface area contributed by atoms with Gasteiger partial charge < -0.3 is 10.2 Å². The maximum absolute atomic E-state index is 3.68. The number of hydrogen-bond donors (Lipinski definition) is 1. The summed E-state index contributed by atoms with van der Waals surface area (Å²) in [6.45, 7) is 12.0. The summed E-state index contributed by atoms with van der Waals surface area (Å²) in [5.41, 5.74) is 0. The first kappa shape index (κ1) is 16.0. The minimum absolute atomic E-state index is 0.752. The van der Waals surface area contributed by atoms with Gasteiger partial charge in [0.25, 0.3) is 0 Å². The molecule has 1 saturated heterocycles. The molecule has 1 aliphatic rings. The van der Waals surface area contributed by atoms with Crippen molar-refractivity contribution in [2.45, 2.75) is 71.8 Å². The Balaban J connectivity index is 2.29. The lowest BCUT2D eigenvalue weighted by atomic mass is 9.98. The largest absolute Gasteiger partial charge is 0.313 e. The Hall–Kier alpha value is -0.0800. The lowest BCUT2D eigenvalue weighted by Gasteiger charge is -2.32. The van der Waals surface area contributed by atoms with Crippen LogP contribution in [0.2, 0.25) is 0 Å². The molecular weight excluding hydrogens is 220 g/mol. The molecule has 2 unspecified atom stereocenters. The molecule has 1 heterocycles. The third-order valence-corrected chi connectivity index (χ3v) is 4.40. The van der Waals surface area contributed by atoms with E-state index in [1.165, 1.54) is 71.1 Å². The molecule has 2 heteroatoms. The fourth-order valence-electron chi connectivity index (χ4n) is 3.01. The van der Waals surface area contributed by atoms with Gasteiger partial charge >= 0.3 is 0 Å². The Morgan fingerprint density at radius 1 is 1.22 bits per heavy atom. The van der Waals surface area contributed by atoms with Crippen LogP contribution in [0.15, 0.2) is 0 Å². The zero-order chi connectivity index (χ0) is 13.2. The Morgan fingerprint density at radius 3 is 2.61 bits per heavy atom. The molecule has 2 atom stereocenters. The van der Waals surface area contributed by atoms with E-state index in [-0.39, 0.29) is 0 Å². The molecule has 1 fully saturated rings. The van der Waals surface area contributed by atoms with Crippen molar-refractivity contribution in [1.29, 1.82) is 0 Å². The molecule has 0 radical (unpaired) electrons. The first-order chi connectivity index (χ1) is 8.80. The maximum Gasteiger partial charge on any atom is 0.0195 e. The quantitative estimate of drug-likeness (QED) is 0.675. The molecular formula is C16H34N2. The number of likely N-dealkylation sites (N-methyl/N-ethyl adjacent to an activating group) is 1. The molecule has 0 spiro atoms. The molecule has 0 aliphatic carbocycles. The molecule has 0 aromatic rings. The summed E-state index contributed by atoms with van der Waals surface area (Å²) in [5, 5.41) is 3.68. The van der Waals surface area contributed by atoms with Crippen LogP contribution in [-0.4, -0.2) is 37.1 Å². The number of nitrogens with zero attached hydrogens (tertiary/aromatic N) is 1. The van der Waals surface area contributed by atoms with Gasteiger partial charge in [0, 0.05) is 19.1 Å². The van der Waals surface area contributed by atoms with E-state index in [1.807, 2.05) is 0 Å². The van der Waals surface area contributed by atoms with E-state index < -0.39 is 0 Å². The van der Waals surface area contributed by atoms with E-state index in [0.29, 0.717) is 0 Å². The molecule has 0 amide bonds. The van der Waals surface area contributed by atoms with Crippen molar-refractivity contribution < 1.29 is 0 Å². The van der Waals surface area contributed by atoms with Crippen LogP contribution in [0.4, 0.5) is 0 Å². The van der Waals surface area contributed by atoms with E-state index >= 15 is 0 Å². The predicted molar refractivity (Wildman–Crippen MR) is 81.1 cm³/mol. The van der Waals surface area contributed by atoms with Crippen LogP contribution >= 0.6 is 0 Å². The Bertz CT molecular complexity index is 188. The van der Waals surface area contributed by atoms with E-state index in [0.717, 1.165) is 12.0 Å². The topological polar surface area (TPSA) is 15.3 Å². The van der Waals surface area contributed by atoms with Gasteiger partial charge in [-0.25, -0.2) is 0 Å². The first-order valence-corrected chi connectivity index (χ1v) is 8.25. The van der Waals surface area contributed by atoms with Crippen LogP contribution in [0, 0.1) is 5.92 Å². The number of unbranched alkanes of at least 4 members (excludes halogenated alkanes) is 1. The zero-order valence-corrected chi connectivity index (χ0v) is 12.9. The summed E-state index contributed by atoms with van der Waals surface area (Å²) in [6.07, 6.45) is 9.67. The van der Waals surface area contributed by atoms with Crippen molar-refractivity contribution in [2.24, 2.45) is 5.92 Å². The molecule has 0 aromatic heterocycles.